The highest BCUT2D eigenvalue weighted by atomic mass is 35.5. The van der Waals surface area contributed by atoms with E-state index in [9.17, 15) is 4.79 Å². The van der Waals surface area contributed by atoms with Crippen LogP contribution in [-0.4, -0.2) is 17.4 Å². The van der Waals surface area contributed by atoms with Gasteiger partial charge in [-0.1, -0.05) is 66.2 Å². The molecule has 0 saturated carbocycles. The van der Waals surface area contributed by atoms with Crippen LogP contribution in [-0.2, 0) is 6.42 Å². The second kappa shape index (κ2) is 8.49. The van der Waals surface area contributed by atoms with Gasteiger partial charge in [0.25, 0.3) is 5.91 Å². The van der Waals surface area contributed by atoms with Crippen LogP contribution in [0.4, 0.5) is 5.69 Å². The van der Waals surface area contributed by atoms with Crippen LogP contribution in [0.2, 0.25) is 5.02 Å². The predicted octanol–water partition coefficient (Wildman–Crippen LogP) is 5.93. The Morgan fingerprint density at radius 1 is 0.857 bits per heavy atom. The Labute approximate surface area is 171 Å². The first-order valence-electron chi connectivity index (χ1n) is 9.68. The average Bonchev–Trinajstić information content (AvgIpc) is 2.74. The maximum Gasteiger partial charge on any atom is 0.257 e. The first-order chi connectivity index (χ1) is 13.7. The van der Waals surface area contributed by atoms with Crippen molar-refractivity contribution in [3.05, 3.63) is 101 Å². The van der Waals surface area contributed by atoms with Crippen LogP contribution in [0, 0.1) is 0 Å². The molecule has 0 spiro atoms. The van der Waals surface area contributed by atoms with Crippen molar-refractivity contribution < 1.29 is 4.79 Å². The fourth-order valence-electron chi connectivity index (χ4n) is 3.69. The lowest BCUT2D eigenvalue weighted by molar-refractivity contribution is 0.0679. The minimum atomic E-state index is -0.184. The van der Waals surface area contributed by atoms with E-state index in [-0.39, 0.29) is 12.1 Å². The Bertz CT molecular complexity index is 940. The fourth-order valence-corrected chi connectivity index (χ4v) is 3.81. The molecular formula is C24H23ClN2O. The molecule has 0 fully saturated rings. The van der Waals surface area contributed by atoms with E-state index in [2.05, 4.69) is 29.6 Å². The summed E-state index contributed by atoms with van der Waals surface area (Å²) in [4.78, 5) is 15.1. The molecule has 3 nitrogen and oxygen atoms in total. The van der Waals surface area contributed by atoms with Crippen molar-refractivity contribution in [2.75, 3.05) is 11.9 Å². The van der Waals surface area contributed by atoms with E-state index in [4.69, 9.17) is 11.6 Å². The fraction of sp³-hybridized carbons (Fsp3) is 0.208. The number of carbonyl (C=O) groups is 1. The third-order valence-electron chi connectivity index (χ3n) is 5.17. The van der Waals surface area contributed by atoms with E-state index in [0.717, 1.165) is 36.1 Å². The molecule has 0 saturated heterocycles. The summed E-state index contributed by atoms with van der Waals surface area (Å²) in [6.45, 7) is 0.709. The van der Waals surface area contributed by atoms with Gasteiger partial charge < -0.3 is 10.2 Å². The van der Waals surface area contributed by atoms with Gasteiger partial charge in [0.1, 0.15) is 6.17 Å². The number of amides is 1. The van der Waals surface area contributed by atoms with Crippen LogP contribution in [0.25, 0.3) is 0 Å². The van der Waals surface area contributed by atoms with Crippen LogP contribution in [0.5, 0.6) is 0 Å². The largest absolute Gasteiger partial charge is 0.361 e. The van der Waals surface area contributed by atoms with Crippen molar-refractivity contribution in [3.63, 3.8) is 0 Å². The maximum absolute atomic E-state index is 13.2. The van der Waals surface area contributed by atoms with Crippen molar-refractivity contribution >= 4 is 23.2 Å². The predicted molar refractivity (Wildman–Crippen MR) is 115 cm³/mol. The monoisotopic (exact) mass is 390 g/mol. The third-order valence-corrected chi connectivity index (χ3v) is 5.42. The van der Waals surface area contributed by atoms with Gasteiger partial charge >= 0.3 is 0 Å². The first-order valence-corrected chi connectivity index (χ1v) is 10.1. The lowest BCUT2D eigenvalue weighted by Crippen LogP contribution is -2.43. The zero-order valence-corrected chi connectivity index (χ0v) is 16.4. The average molecular weight is 391 g/mol. The molecule has 28 heavy (non-hydrogen) atoms. The molecule has 4 rings (SSSR count). The smallest absolute Gasteiger partial charge is 0.257 e. The van der Waals surface area contributed by atoms with Gasteiger partial charge in [-0.2, -0.15) is 0 Å². The van der Waals surface area contributed by atoms with Crippen molar-refractivity contribution in [3.8, 4) is 0 Å². The highest BCUT2D eigenvalue weighted by Gasteiger charge is 2.32. The number of nitrogens with zero attached hydrogens (tertiary/aromatic N) is 1. The van der Waals surface area contributed by atoms with E-state index in [0.29, 0.717) is 11.6 Å². The van der Waals surface area contributed by atoms with Gasteiger partial charge in [-0.25, -0.2) is 0 Å². The second-order valence-corrected chi connectivity index (χ2v) is 7.52. The topological polar surface area (TPSA) is 32.3 Å². The number of halogens is 1. The number of carbonyl (C=O) groups excluding carboxylic acids is 1. The summed E-state index contributed by atoms with van der Waals surface area (Å²) in [7, 11) is 0. The summed E-state index contributed by atoms with van der Waals surface area (Å²) in [6.07, 6.45) is 2.84. The number of unbranched alkanes of at least 4 members (excludes halogenated alkanes) is 1. The molecule has 142 valence electrons. The van der Waals surface area contributed by atoms with Gasteiger partial charge in [0.05, 0.1) is 5.56 Å². The highest BCUT2D eigenvalue weighted by molar-refractivity contribution is 6.30. The molecule has 1 heterocycles. The number of fused-ring (bicyclic) bond motifs is 1. The minimum Gasteiger partial charge on any atom is -0.361 e. The molecule has 1 atom stereocenters. The van der Waals surface area contributed by atoms with E-state index in [1.165, 1.54) is 5.56 Å². The van der Waals surface area contributed by atoms with Gasteiger partial charge in [0.2, 0.25) is 0 Å². The molecule has 1 N–H and O–H groups in total. The third kappa shape index (κ3) is 4.05. The summed E-state index contributed by atoms with van der Waals surface area (Å²) in [5.74, 6) is 0.0778. The van der Waals surface area contributed by atoms with Gasteiger partial charge in [-0.15, -0.1) is 0 Å². The number of benzene rings is 3. The molecular weight excluding hydrogens is 368 g/mol. The number of nitrogens with one attached hydrogen (secondary N) is 1. The summed E-state index contributed by atoms with van der Waals surface area (Å²) >= 11 is 6.06. The van der Waals surface area contributed by atoms with Gasteiger partial charge in [-0.05, 0) is 54.7 Å². The molecule has 1 unspecified atom stereocenters. The normalized spacial score (nSPS) is 15.8. The Morgan fingerprint density at radius 2 is 1.57 bits per heavy atom. The molecule has 1 aliphatic rings. The Hall–Kier alpha value is -2.78. The van der Waals surface area contributed by atoms with Crippen molar-refractivity contribution in [1.82, 2.24) is 4.90 Å². The van der Waals surface area contributed by atoms with Crippen molar-refractivity contribution in [1.29, 1.82) is 0 Å². The number of hydrogen-bond acceptors (Lipinski definition) is 2. The second-order valence-electron chi connectivity index (χ2n) is 7.09. The van der Waals surface area contributed by atoms with Gasteiger partial charge in [-0.3, -0.25) is 4.79 Å². The van der Waals surface area contributed by atoms with E-state index in [1.807, 2.05) is 59.5 Å². The number of para-hydroxylation sites is 1. The zero-order valence-electron chi connectivity index (χ0n) is 15.6. The molecule has 4 heteroatoms. The molecule has 0 aromatic heterocycles. The SMILES string of the molecule is O=C1c2ccccc2NC(c2ccc(Cl)cc2)N1CCCCc1ccccc1. The van der Waals surface area contributed by atoms with E-state index in [1.54, 1.807) is 0 Å². The number of rotatable bonds is 6. The van der Waals surface area contributed by atoms with Crippen LogP contribution in [0.15, 0.2) is 78.9 Å². The van der Waals surface area contributed by atoms with Crippen molar-refractivity contribution in [2.24, 2.45) is 0 Å². The number of hydrogen-bond donors (Lipinski definition) is 1. The van der Waals surface area contributed by atoms with Gasteiger partial charge in [0.15, 0.2) is 0 Å². The Balaban J connectivity index is 1.51. The molecule has 0 radical (unpaired) electrons. The van der Waals surface area contributed by atoms with Gasteiger partial charge in [0, 0.05) is 17.3 Å². The number of anilines is 1. The molecule has 1 aliphatic heterocycles. The summed E-state index contributed by atoms with van der Waals surface area (Å²) < 4.78 is 0. The minimum absolute atomic E-state index is 0.0778. The lowest BCUT2D eigenvalue weighted by Gasteiger charge is -2.38. The van der Waals surface area contributed by atoms with E-state index >= 15 is 0 Å². The molecule has 0 aliphatic carbocycles. The standard InChI is InChI=1S/C24H23ClN2O/c25-20-15-13-19(14-16-20)23-26-22-12-5-4-11-21(22)24(28)27(23)17-7-6-10-18-8-2-1-3-9-18/h1-5,8-9,11-16,23,26H,6-7,10,17H2. The molecule has 3 aromatic rings. The van der Waals surface area contributed by atoms with E-state index < -0.39 is 0 Å². The van der Waals surface area contributed by atoms with Crippen molar-refractivity contribution in [2.45, 2.75) is 25.4 Å². The van der Waals surface area contributed by atoms with Crippen LogP contribution in [0.3, 0.4) is 0 Å². The summed E-state index contributed by atoms with van der Waals surface area (Å²) in [6, 6.07) is 25.9. The maximum atomic E-state index is 13.2. The first kappa shape index (κ1) is 18.6. The molecule has 0 bridgehead atoms. The van der Waals surface area contributed by atoms with Crippen LogP contribution >= 0.6 is 11.6 Å². The zero-order chi connectivity index (χ0) is 19.3. The lowest BCUT2D eigenvalue weighted by atomic mass is 10.0. The quantitative estimate of drug-likeness (QED) is 0.529. The highest BCUT2D eigenvalue weighted by Crippen LogP contribution is 2.33. The Morgan fingerprint density at radius 3 is 2.36 bits per heavy atom. The number of aryl methyl sites for hydroxylation is 1. The summed E-state index contributed by atoms with van der Waals surface area (Å²) in [5, 5.41) is 4.23. The van der Waals surface area contributed by atoms with Crippen LogP contribution < -0.4 is 5.32 Å². The van der Waals surface area contributed by atoms with Crippen LogP contribution in [0.1, 0.15) is 40.5 Å². The Kier molecular flexibility index (Phi) is 5.63. The summed E-state index contributed by atoms with van der Waals surface area (Å²) in [5.41, 5.74) is 3.99. The molecule has 3 aromatic carbocycles. The molecule has 1 amide bonds.